The van der Waals surface area contributed by atoms with Gasteiger partial charge in [-0.15, -0.1) is 0 Å². The summed E-state index contributed by atoms with van der Waals surface area (Å²) < 4.78 is 15.0. The van der Waals surface area contributed by atoms with Crippen molar-refractivity contribution in [2.24, 2.45) is 7.05 Å². The number of aromatic nitrogens is 1. The minimum absolute atomic E-state index is 0.0108. The number of nitrogens with one attached hydrogen (secondary N) is 1. The van der Waals surface area contributed by atoms with E-state index in [0.717, 1.165) is 22.0 Å². The van der Waals surface area contributed by atoms with Crippen LogP contribution in [0.1, 0.15) is 28.0 Å². The zero-order valence-electron chi connectivity index (χ0n) is 15.9. The van der Waals surface area contributed by atoms with Crippen molar-refractivity contribution < 1.29 is 14.0 Å². The molecule has 2 amide bonds. The van der Waals surface area contributed by atoms with Gasteiger partial charge in [-0.1, -0.05) is 30.3 Å². The van der Waals surface area contributed by atoms with Crippen LogP contribution in [-0.2, 0) is 18.4 Å². The number of carbonyl (C=O) groups excluding carboxylic acids is 2. The van der Waals surface area contributed by atoms with Crippen molar-refractivity contribution in [1.29, 1.82) is 0 Å². The van der Waals surface area contributed by atoms with Crippen molar-refractivity contribution in [3.8, 4) is 0 Å². The number of aryl methyl sites for hydroxylation is 2. The lowest BCUT2D eigenvalue weighted by Crippen LogP contribution is -2.38. The Morgan fingerprint density at radius 2 is 1.89 bits per heavy atom. The largest absolute Gasteiger partial charge is 0.346 e. The molecule has 0 radical (unpaired) electrons. The molecule has 4 rings (SSSR count). The number of fused-ring (bicyclic) bond motifs is 1. The molecule has 28 heavy (non-hydrogen) atoms. The molecule has 6 heteroatoms. The highest BCUT2D eigenvalue weighted by Crippen LogP contribution is 2.25. The second-order valence-corrected chi connectivity index (χ2v) is 7.33. The molecular formula is C22H22FN3O2. The van der Waals surface area contributed by atoms with Crippen molar-refractivity contribution in [1.82, 2.24) is 14.8 Å². The summed E-state index contributed by atoms with van der Waals surface area (Å²) in [5, 5.41) is 4.06. The lowest BCUT2D eigenvalue weighted by molar-refractivity contribution is -0.128. The number of para-hydroxylation sites is 1. The van der Waals surface area contributed by atoms with Gasteiger partial charge in [0, 0.05) is 37.5 Å². The molecule has 144 valence electrons. The van der Waals surface area contributed by atoms with Crippen LogP contribution in [0.4, 0.5) is 4.39 Å². The third-order valence-electron chi connectivity index (χ3n) is 5.41. The van der Waals surface area contributed by atoms with Gasteiger partial charge >= 0.3 is 0 Å². The predicted molar refractivity (Wildman–Crippen MR) is 105 cm³/mol. The third kappa shape index (κ3) is 3.26. The van der Waals surface area contributed by atoms with Crippen LogP contribution in [0, 0.1) is 12.7 Å². The summed E-state index contributed by atoms with van der Waals surface area (Å²) in [4.78, 5) is 27.0. The van der Waals surface area contributed by atoms with Crippen molar-refractivity contribution >= 4 is 22.7 Å². The summed E-state index contributed by atoms with van der Waals surface area (Å²) in [6, 6.07) is 13.8. The Morgan fingerprint density at radius 1 is 1.18 bits per heavy atom. The molecule has 1 aliphatic rings. The molecule has 0 unspecified atom stereocenters. The van der Waals surface area contributed by atoms with E-state index in [-0.39, 0.29) is 30.1 Å². The van der Waals surface area contributed by atoms with Crippen molar-refractivity contribution in [3.63, 3.8) is 0 Å². The molecule has 0 saturated carbocycles. The Labute approximate surface area is 162 Å². The summed E-state index contributed by atoms with van der Waals surface area (Å²) in [6.07, 6.45) is 0.274. The van der Waals surface area contributed by atoms with Crippen LogP contribution < -0.4 is 5.32 Å². The Kier molecular flexibility index (Phi) is 4.63. The van der Waals surface area contributed by atoms with Gasteiger partial charge in [0.15, 0.2) is 0 Å². The number of rotatable bonds is 4. The van der Waals surface area contributed by atoms with Crippen LogP contribution in [0.2, 0.25) is 0 Å². The smallest absolute Gasteiger partial charge is 0.268 e. The van der Waals surface area contributed by atoms with E-state index in [1.54, 1.807) is 17.0 Å². The topological polar surface area (TPSA) is 54.3 Å². The van der Waals surface area contributed by atoms with E-state index in [1.165, 1.54) is 12.1 Å². The van der Waals surface area contributed by atoms with Crippen molar-refractivity contribution in [3.05, 3.63) is 71.2 Å². The number of carbonyl (C=O) groups is 2. The molecular weight excluding hydrogens is 357 g/mol. The van der Waals surface area contributed by atoms with Crippen LogP contribution in [0.3, 0.4) is 0 Å². The lowest BCUT2D eigenvalue weighted by atomic mass is 10.1. The van der Waals surface area contributed by atoms with Gasteiger partial charge < -0.3 is 14.8 Å². The Morgan fingerprint density at radius 3 is 2.61 bits per heavy atom. The van der Waals surface area contributed by atoms with E-state index in [2.05, 4.69) is 5.32 Å². The fourth-order valence-corrected chi connectivity index (χ4v) is 3.99. The Hall–Kier alpha value is -3.15. The standard InChI is InChI=1S/C22H22FN3O2/c1-14-18-5-3-4-6-19(18)25(2)21(14)22(28)24-17-11-20(27)26(13-17)12-15-7-9-16(23)10-8-15/h3-10,17H,11-13H2,1-2H3,(H,24,28)/t17-/m0/s1. The molecule has 1 aromatic heterocycles. The van der Waals surface area contributed by atoms with Crippen molar-refractivity contribution in [2.45, 2.75) is 25.9 Å². The number of hydrogen-bond donors (Lipinski definition) is 1. The summed E-state index contributed by atoms with van der Waals surface area (Å²) in [5.74, 6) is -0.479. The normalized spacial score (nSPS) is 16.8. The van der Waals surface area contributed by atoms with Gasteiger partial charge in [-0.05, 0) is 36.2 Å². The van der Waals surface area contributed by atoms with Gasteiger partial charge in [-0.2, -0.15) is 0 Å². The highest BCUT2D eigenvalue weighted by molar-refractivity contribution is 6.02. The minimum atomic E-state index is -0.299. The first-order valence-corrected chi connectivity index (χ1v) is 9.31. The molecule has 0 bridgehead atoms. The summed E-state index contributed by atoms with van der Waals surface area (Å²) in [6.45, 7) is 2.81. The van der Waals surface area contributed by atoms with Gasteiger partial charge in [0.1, 0.15) is 11.5 Å². The van der Waals surface area contributed by atoms with Crippen LogP contribution in [0.25, 0.3) is 10.9 Å². The number of halogens is 1. The molecule has 1 aliphatic heterocycles. The maximum Gasteiger partial charge on any atom is 0.268 e. The summed E-state index contributed by atoms with van der Waals surface area (Å²) in [5.41, 5.74) is 3.42. The van der Waals surface area contributed by atoms with Crippen LogP contribution in [0.5, 0.6) is 0 Å². The fraction of sp³-hybridized carbons (Fsp3) is 0.273. The molecule has 2 heterocycles. The summed E-state index contributed by atoms with van der Waals surface area (Å²) in [7, 11) is 1.88. The first kappa shape index (κ1) is 18.2. The zero-order chi connectivity index (χ0) is 19.8. The van der Waals surface area contributed by atoms with Crippen molar-refractivity contribution in [2.75, 3.05) is 6.54 Å². The highest BCUT2D eigenvalue weighted by atomic mass is 19.1. The highest BCUT2D eigenvalue weighted by Gasteiger charge is 2.31. The first-order valence-electron chi connectivity index (χ1n) is 9.31. The number of amides is 2. The third-order valence-corrected chi connectivity index (χ3v) is 5.41. The molecule has 5 nitrogen and oxygen atoms in total. The monoisotopic (exact) mass is 379 g/mol. The quantitative estimate of drug-likeness (QED) is 0.757. The van der Waals surface area contributed by atoms with Gasteiger partial charge in [0.05, 0.1) is 6.04 Å². The second kappa shape index (κ2) is 7.11. The van der Waals surface area contributed by atoms with Gasteiger partial charge in [0.25, 0.3) is 5.91 Å². The second-order valence-electron chi connectivity index (χ2n) is 7.33. The maximum absolute atomic E-state index is 13.1. The molecule has 0 aliphatic carbocycles. The average molecular weight is 379 g/mol. The molecule has 1 fully saturated rings. The predicted octanol–water partition coefficient (Wildman–Crippen LogP) is 3.16. The lowest BCUT2D eigenvalue weighted by Gasteiger charge is -2.17. The van der Waals surface area contributed by atoms with E-state index in [4.69, 9.17) is 0 Å². The van der Waals surface area contributed by atoms with E-state index < -0.39 is 0 Å². The minimum Gasteiger partial charge on any atom is -0.346 e. The van der Waals surface area contributed by atoms with Crippen LogP contribution >= 0.6 is 0 Å². The van der Waals surface area contributed by atoms with E-state index >= 15 is 0 Å². The number of likely N-dealkylation sites (tertiary alicyclic amines) is 1. The SMILES string of the molecule is Cc1c(C(=O)N[C@H]2CC(=O)N(Cc3ccc(F)cc3)C2)n(C)c2ccccc12. The molecule has 1 N–H and O–H groups in total. The van der Waals surface area contributed by atoms with Gasteiger partial charge in [-0.25, -0.2) is 4.39 Å². The molecule has 1 saturated heterocycles. The maximum atomic E-state index is 13.1. The van der Waals surface area contributed by atoms with E-state index in [0.29, 0.717) is 18.8 Å². The number of nitrogens with zero attached hydrogens (tertiary/aromatic N) is 2. The fourth-order valence-electron chi connectivity index (χ4n) is 3.99. The molecule has 1 atom stereocenters. The average Bonchev–Trinajstić information content (AvgIpc) is 3.14. The van der Waals surface area contributed by atoms with Crippen LogP contribution in [0.15, 0.2) is 48.5 Å². The number of benzene rings is 2. The molecule has 3 aromatic rings. The summed E-state index contributed by atoms with van der Waals surface area (Å²) >= 11 is 0. The zero-order valence-corrected chi connectivity index (χ0v) is 15.9. The number of hydrogen-bond acceptors (Lipinski definition) is 2. The Balaban J connectivity index is 1.47. The van der Waals surface area contributed by atoms with Crippen LogP contribution in [-0.4, -0.2) is 33.9 Å². The Bertz CT molecular complexity index is 1020. The molecule has 0 spiro atoms. The van der Waals surface area contributed by atoms with Gasteiger partial charge in [0.2, 0.25) is 5.91 Å². The van der Waals surface area contributed by atoms with Gasteiger partial charge in [-0.3, -0.25) is 9.59 Å². The van der Waals surface area contributed by atoms with E-state index in [1.807, 2.05) is 42.8 Å². The van der Waals surface area contributed by atoms with E-state index in [9.17, 15) is 14.0 Å². The first-order chi connectivity index (χ1) is 13.4. The molecule has 2 aromatic carbocycles.